The van der Waals surface area contributed by atoms with Crippen LogP contribution in [0.1, 0.15) is 36.4 Å². The molecule has 0 unspecified atom stereocenters. The highest BCUT2D eigenvalue weighted by molar-refractivity contribution is 7.09. The Morgan fingerprint density at radius 1 is 1.27 bits per heavy atom. The lowest BCUT2D eigenvalue weighted by atomic mass is 10.1. The van der Waals surface area contributed by atoms with E-state index < -0.39 is 0 Å². The van der Waals surface area contributed by atoms with Gasteiger partial charge in [-0.25, -0.2) is 4.98 Å². The standard InChI is InChI=1S/C16H29N5S/c1-14-13-22-15(20-14)7-6-8-18-16(17-2)19-9-12-21-10-4-3-5-11-21/h13H,3-12H2,1-2H3,(H2,17,18,19). The molecule has 2 N–H and O–H groups in total. The predicted octanol–water partition coefficient (Wildman–Crippen LogP) is 2.04. The van der Waals surface area contributed by atoms with Gasteiger partial charge in [0.2, 0.25) is 0 Å². The topological polar surface area (TPSA) is 52.6 Å². The van der Waals surface area contributed by atoms with Crippen molar-refractivity contribution in [2.24, 2.45) is 4.99 Å². The highest BCUT2D eigenvalue weighted by Gasteiger charge is 2.09. The number of thiazole rings is 1. The average molecular weight is 324 g/mol. The molecule has 2 heterocycles. The quantitative estimate of drug-likeness (QED) is 0.458. The number of nitrogens with zero attached hydrogens (tertiary/aromatic N) is 3. The van der Waals surface area contributed by atoms with Gasteiger partial charge in [0.15, 0.2) is 5.96 Å². The van der Waals surface area contributed by atoms with Gasteiger partial charge < -0.3 is 15.5 Å². The number of hydrogen-bond donors (Lipinski definition) is 2. The summed E-state index contributed by atoms with van der Waals surface area (Å²) in [5.74, 6) is 0.910. The molecule has 0 aromatic carbocycles. The maximum Gasteiger partial charge on any atom is 0.191 e. The first kappa shape index (κ1) is 17.2. The van der Waals surface area contributed by atoms with E-state index in [4.69, 9.17) is 0 Å². The van der Waals surface area contributed by atoms with Crippen molar-refractivity contribution >= 4 is 17.3 Å². The van der Waals surface area contributed by atoms with Crippen LogP contribution < -0.4 is 10.6 Å². The number of likely N-dealkylation sites (tertiary alicyclic amines) is 1. The number of aromatic nitrogens is 1. The van der Waals surface area contributed by atoms with Crippen LogP contribution in [-0.2, 0) is 6.42 Å². The summed E-state index contributed by atoms with van der Waals surface area (Å²) in [6.07, 6.45) is 6.22. The molecule has 124 valence electrons. The SMILES string of the molecule is CN=C(NCCCc1nc(C)cs1)NCCN1CCCCC1. The highest BCUT2D eigenvalue weighted by atomic mass is 32.1. The van der Waals surface area contributed by atoms with E-state index in [-0.39, 0.29) is 0 Å². The maximum absolute atomic E-state index is 4.49. The Balaban J connectivity index is 1.54. The number of piperidine rings is 1. The number of aryl methyl sites for hydroxylation is 2. The van der Waals surface area contributed by atoms with Crippen LogP contribution >= 0.6 is 11.3 Å². The van der Waals surface area contributed by atoms with E-state index in [1.54, 1.807) is 11.3 Å². The zero-order valence-electron chi connectivity index (χ0n) is 13.9. The minimum absolute atomic E-state index is 0.910. The number of guanidine groups is 1. The van der Waals surface area contributed by atoms with Crippen LogP contribution in [0.3, 0.4) is 0 Å². The van der Waals surface area contributed by atoms with Crippen LogP contribution in [-0.4, -0.2) is 55.6 Å². The van der Waals surface area contributed by atoms with Crippen LogP contribution in [0.15, 0.2) is 10.4 Å². The predicted molar refractivity (Wildman–Crippen MR) is 94.8 cm³/mol. The number of aliphatic imine (C=N–C) groups is 1. The molecule has 5 nitrogen and oxygen atoms in total. The maximum atomic E-state index is 4.49. The molecule has 0 aliphatic carbocycles. The van der Waals surface area contributed by atoms with E-state index >= 15 is 0 Å². The van der Waals surface area contributed by atoms with Gasteiger partial charge in [0.05, 0.1) is 5.01 Å². The van der Waals surface area contributed by atoms with Gasteiger partial charge in [-0.1, -0.05) is 6.42 Å². The Morgan fingerprint density at radius 2 is 2.05 bits per heavy atom. The first-order chi connectivity index (χ1) is 10.8. The molecule has 0 amide bonds. The van der Waals surface area contributed by atoms with Gasteiger partial charge >= 0.3 is 0 Å². The number of rotatable bonds is 7. The summed E-state index contributed by atoms with van der Waals surface area (Å²) in [4.78, 5) is 11.3. The summed E-state index contributed by atoms with van der Waals surface area (Å²) in [5, 5.41) is 10.1. The summed E-state index contributed by atoms with van der Waals surface area (Å²) in [6, 6.07) is 0. The van der Waals surface area contributed by atoms with Crippen molar-refractivity contribution in [2.75, 3.05) is 39.8 Å². The smallest absolute Gasteiger partial charge is 0.191 e. The molecule has 0 bridgehead atoms. The zero-order valence-corrected chi connectivity index (χ0v) is 14.7. The largest absolute Gasteiger partial charge is 0.356 e. The van der Waals surface area contributed by atoms with Crippen LogP contribution in [0.5, 0.6) is 0 Å². The Hall–Kier alpha value is -1.14. The van der Waals surface area contributed by atoms with Crippen molar-refractivity contribution in [3.05, 3.63) is 16.1 Å². The van der Waals surface area contributed by atoms with Crippen LogP contribution in [0.4, 0.5) is 0 Å². The summed E-state index contributed by atoms with van der Waals surface area (Å²) in [5.41, 5.74) is 1.13. The molecule has 1 saturated heterocycles. The molecule has 0 atom stereocenters. The summed E-state index contributed by atoms with van der Waals surface area (Å²) in [6.45, 7) is 7.56. The van der Waals surface area contributed by atoms with Crippen molar-refractivity contribution in [3.8, 4) is 0 Å². The second kappa shape index (κ2) is 9.79. The summed E-state index contributed by atoms with van der Waals surface area (Å²) >= 11 is 1.75. The first-order valence-corrected chi connectivity index (χ1v) is 9.24. The van der Waals surface area contributed by atoms with Crippen molar-refractivity contribution < 1.29 is 0 Å². The highest BCUT2D eigenvalue weighted by Crippen LogP contribution is 2.10. The van der Waals surface area contributed by atoms with E-state index in [9.17, 15) is 0 Å². The molecule has 1 aliphatic heterocycles. The third-order valence-electron chi connectivity index (χ3n) is 3.92. The molecule has 1 aromatic heterocycles. The van der Waals surface area contributed by atoms with Crippen molar-refractivity contribution in [2.45, 2.75) is 39.0 Å². The summed E-state index contributed by atoms with van der Waals surface area (Å²) < 4.78 is 0. The molecule has 0 radical (unpaired) electrons. The Bertz CT molecular complexity index is 451. The molecular weight excluding hydrogens is 294 g/mol. The Morgan fingerprint density at radius 3 is 2.73 bits per heavy atom. The second-order valence-electron chi connectivity index (χ2n) is 5.81. The van der Waals surface area contributed by atoms with Crippen molar-refractivity contribution in [1.29, 1.82) is 0 Å². The fourth-order valence-corrected chi connectivity index (χ4v) is 3.52. The Kier molecular flexibility index (Phi) is 7.66. The lowest BCUT2D eigenvalue weighted by molar-refractivity contribution is 0.232. The van der Waals surface area contributed by atoms with Gasteiger partial charge in [0.25, 0.3) is 0 Å². The van der Waals surface area contributed by atoms with Gasteiger partial charge in [0, 0.05) is 44.2 Å². The third kappa shape index (κ3) is 6.32. The fourth-order valence-electron chi connectivity index (χ4n) is 2.70. The minimum Gasteiger partial charge on any atom is -0.356 e. The lowest BCUT2D eigenvalue weighted by Gasteiger charge is -2.26. The van der Waals surface area contributed by atoms with Gasteiger partial charge in [-0.3, -0.25) is 4.99 Å². The van der Waals surface area contributed by atoms with E-state index in [0.29, 0.717) is 0 Å². The van der Waals surface area contributed by atoms with E-state index in [1.165, 1.54) is 37.4 Å². The van der Waals surface area contributed by atoms with E-state index in [1.807, 2.05) is 14.0 Å². The normalized spacial score (nSPS) is 16.7. The molecule has 22 heavy (non-hydrogen) atoms. The Labute approximate surface area is 138 Å². The molecular formula is C16H29N5S. The fraction of sp³-hybridized carbons (Fsp3) is 0.750. The molecule has 0 spiro atoms. The van der Waals surface area contributed by atoms with Crippen molar-refractivity contribution in [1.82, 2.24) is 20.5 Å². The van der Waals surface area contributed by atoms with Crippen LogP contribution in [0.2, 0.25) is 0 Å². The van der Waals surface area contributed by atoms with Crippen molar-refractivity contribution in [3.63, 3.8) is 0 Å². The van der Waals surface area contributed by atoms with Crippen LogP contribution in [0.25, 0.3) is 0 Å². The second-order valence-corrected chi connectivity index (χ2v) is 6.76. The minimum atomic E-state index is 0.910. The van der Waals surface area contributed by atoms with E-state index in [2.05, 4.69) is 30.9 Å². The van der Waals surface area contributed by atoms with Gasteiger partial charge in [-0.15, -0.1) is 11.3 Å². The molecule has 0 saturated carbocycles. The van der Waals surface area contributed by atoms with Gasteiger partial charge in [0.1, 0.15) is 0 Å². The third-order valence-corrected chi connectivity index (χ3v) is 4.95. The number of hydrogen-bond acceptors (Lipinski definition) is 4. The molecule has 2 rings (SSSR count). The molecule has 6 heteroatoms. The molecule has 1 aliphatic rings. The van der Waals surface area contributed by atoms with Crippen LogP contribution in [0, 0.1) is 6.92 Å². The molecule has 1 fully saturated rings. The monoisotopic (exact) mass is 323 g/mol. The first-order valence-electron chi connectivity index (χ1n) is 8.36. The number of nitrogens with one attached hydrogen (secondary N) is 2. The average Bonchev–Trinajstić information content (AvgIpc) is 2.96. The lowest BCUT2D eigenvalue weighted by Crippen LogP contribution is -2.42. The van der Waals surface area contributed by atoms with E-state index in [0.717, 1.165) is 44.1 Å². The van der Waals surface area contributed by atoms with Gasteiger partial charge in [-0.2, -0.15) is 0 Å². The summed E-state index contributed by atoms with van der Waals surface area (Å²) in [7, 11) is 1.83. The van der Waals surface area contributed by atoms with Gasteiger partial charge in [-0.05, 0) is 39.3 Å². The molecule has 1 aromatic rings. The zero-order chi connectivity index (χ0) is 15.6.